The van der Waals surface area contributed by atoms with Crippen molar-refractivity contribution in [3.63, 3.8) is 0 Å². The second kappa shape index (κ2) is 6.13. The van der Waals surface area contributed by atoms with Gasteiger partial charge >= 0.3 is 0 Å². The summed E-state index contributed by atoms with van der Waals surface area (Å²) in [6, 6.07) is 8.21. The van der Waals surface area contributed by atoms with E-state index in [0.717, 1.165) is 22.3 Å². The van der Waals surface area contributed by atoms with E-state index in [1.54, 1.807) is 6.07 Å². The third-order valence-corrected chi connectivity index (χ3v) is 4.14. The lowest BCUT2D eigenvalue weighted by atomic mass is 9.95. The minimum atomic E-state index is -0.347. The fraction of sp³-hybridized carbons (Fsp3) is 0.250. The molecular weight excluding hydrogens is 296 g/mol. The number of nitrogens with one attached hydrogen (secondary N) is 1. The molecule has 2 rings (SSSR count). The van der Waals surface area contributed by atoms with Gasteiger partial charge in [-0.2, -0.15) is 0 Å². The van der Waals surface area contributed by atoms with Crippen LogP contribution in [0.1, 0.15) is 28.3 Å². The summed E-state index contributed by atoms with van der Waals surface area (Å²) in [4.78, 5) is 0. The molecule has 0 saturated carbocycles. The highest BCUT2D eigenvalue weighted by Crippen LogP contribution is 2.34. The molecule has 106 valence electrons. The summed E-state index contributed by atoms with van der Waals surface area (Å²) in [6.45, 7) is 4.05. The van der Waals surface area contributed by atoms with Gasteiger partial charge in [0.2, 0.25) is 0 Å². The van der Waals surface area contributed by atoms with Crippen LogP contribution in [0.2, 0.25) is 10.0 Å². The smallest absolute Gasteiger partial charge is 0.124 e. The predicted octanol–water partition coefficient (Wildman–Crippen LogP) is 5.06. The molecule has 0 saturated heterocycles. The third kappa shape index (κ3) is 2.98. The van der Waals surface area contributed by atoms with Gasteiger partial charge in [0.05, 0.1) is 6.04 Å². The Bertz CT molecular complexity index is 641. The molecule has 0 amide bonds. The van der Waals surface area contributed by atoms with Gasteiger partial charge in [0.15, 0.2) is 0 Å². The maximum atomic E-state index is 13.2. The number of aryl methyl sites for hydroxylation is 2. The highest BCUT2D eigenvalue weighted by atomic mass is 35.5. The average molecular weight is 312 g/mol. The number of benzene rings is 2. The first kappa shape index (κ1) is 15.3. The zero-order valence-corrected chi connectivity index (χ0v) is 13.1. The molecule has 2 aromatic rings. The van der Waals surface area contributed by atoms with E-state index in [9.17, 15) is 4.39 Å². The minimum absolute atomic E-state index is 0.171. The van der Waals surface area contributed by atoms with E-state index in [2.05, 4.69) is 5.32 Å². The lowest BCUT2D eigenvalue weighted by molar-refractivity contribution is 0.623. The summed E-state index contributed by atoms with van der Waals surface area (Å²) >= 11 is 12.5. The summed E-state index contributed by atoms with van der Waals surface area (Å²) < 4.78 is 13.2. The first-order chi connectivity index (χ1) is 9.43. The monoisotopic (exact) mass is 311 g/mol. The van der Waals surface area contributed by atoms with Gasteiger partial charge < -0.3 is 5.32 Å². The Kier molecular flexibility index (Phi) is 4.69. The maximum absolute atomic E-state index is 13.2. The fourth-order valence-electron chi connectivity index (χ4n) is 2.24. The molecule has 0 radical (unpaired) electrons. The van der Waals surface area contributed by atoms with E-state index < -0.39 is 0 Å². The summed E-state index contributed by atoms with van der Waals surface area (Å²) in [5, 5.41) is 4.25. The van der Waals surface area contributed by atoms with Crippen LogP contribution in [0.5, 0.6) is 0 Å². The van der Waals surface area contributed by atoms with Crippen LogP contribution in [0.15, 0.2) is 30.3 Å². The molecule has 0 heterocycles. The standard InChI is InChI=1S/C16H16Cl2FN/c1-9-6-13(14(17)7-10(9)2)16(20-3)12-5-4-11(19)8-15(12)18/h4-8,16,20H,1-3H3. The number of rotatable bonds is 3. The van der Waals surface area contributed by atoms with Crippen LogP contribution in [0.25, 0.3) is 0 Å². The molecule has 1 N–H and O–H groups in total. The van der Waals surface area contributed by atoms with Gasteiger partial charge in [-0.15, -0.1) is 0 Å². The van der Waals surface area contributed by atoms with Crippen LogP contribution in [0.3, 0.4) is 0 Å². The molecule has 1 nitrogen and oxygen atoms in total. The quantitative estimate of drug-likeness (QED) is 0.835. The summed E-state index contributed by atoms with van der Waals surface area (Å²) in [5.74, 6) is -0.347. The first-order valence-electron chi connectivity index (χ1n) is 6.33. The predicted molar refractivity (Wildman–Crippen MR) is 83.2 cm³/mol. The zero-order chi connectivity index (χ0) is 14.9. The highest BCUT2D eigenvalue weighted by Gasteiger charge is 2.19. The lowest BCUT2D eigenvalue weighted by Crippen LogP contribution is -2.19. The van der Waals surface area contributed by atoms with Crippen molar-refractivity contribution in [3.05, 3.63) is 68.4 Å². The zero-order valence-electron chi connectivity index (χ0n) is 11.6. The number of hydrogen-bond donors (Lipinski definition) is 1. The molecular formula is C16H16Cl2FN. The van der Waals surface area contributed by atoms with Crippen molar-refractivity contribution < 1.29 is 4.39 Å². The van der Waals surface area contributed by atoms with Crippen LogP contribution in [0, 0.1) is 19.7 Å². The van der Waals surface area contributed by atoms with E-state index in [-0.39, 0.29) is 11.9 Å². The van der Waals surface area contributed by atoms with Crippen molar-refractivity contribution in [2.45, 2.75) is 19.9 Å². The summed E-state index contributed by atoms with van der Waals surface area (Å²) in [7, 11) is 1.83. The lowest BCUT2D eigenvalue weighted by Gasteiger charge is -2.21. The van der Waals surface area contributed by atoms with Crippen molar-refractivity contribution in [1.29, 1.82) is 0 Å². The molecule has 1 atom stereocenters. The van der Waals surface area contributed by atoms with Gasteiger partial charge in [0.1, 0.15) is 5.82 Å². The second-order valence-electron chi connectivity index (χ2n) is 4.85. The molecule has 2 aromatic carbocycles. The molecule has 0 spiro atoms. The largest absolute Gasteiger partial charge is 0.309 e. The van der Waals surface area contributed by atoms with Gasteiger partial charge in [0.25, 0.3) is 0 Å². The normalized spacial score (nSPS) is 12.5. The third-order valence-electron chi connectivity index (χ3n) is 3.49. The molecule has 0 aliphatic heterocycles. The van der Waals surface area contributed by atoms with Crippen LogP contribution in [0.4, 0.5) is 4.39 Å². The Hall–Kier alpha value is -1.09. The minimum Gasteiger partial charge on any atom is -0.309 e. The molecule has 1 unspecified atom stereocenters. The Morgan fingerprint density at radius 2 is 1.55 bits per heavy atom. The van der Waals surface area contributed by atoms with E-state index >= 15 is 0 Å². The van der Waals surface area contributed by atoms with Gasteiger partial charge in [-0.1, -0.05) is 35.3 Å². The van der Waals surface area contributed by atoms with Crippen LogP contribution in [-0.2, 0) is 0 Å². The van der Waals surface area contributed by atoms with E-state index in [1.807, 2.05) is 33.0 Å². The Morgan fingerprint density at radius 1 is 0.950 bits per heavy atom. The molecule has 0 bridgehead atoms. The van der Waals surface area contributed by atoms with Crippen molar-refractivity contribution in [2.75, 3.05) is 7.05 Å². The van der Waals surface area contributed by atoms with Crippen molar-refractivity contribution in [2.24, 2.45) is 0 Å². The van der Waals surface area contributed by atoms with Gasteiger partial charge in [-0.25, -0.2) is 4.39 Å². The number of hydrogen-bond acceptors (Lipinski definition) is 1. The van der Waals surface area contributed by atoms with Crippen molar-refractivity contribution in [3.8, 4) is 0 Å². The SMILES string of the molecule is CNC(c1ccc(F)cc1Cl)c1cc(C)c(C)cc1Cl. The maximum Gasteiger partial charge on any atom is 0.124 e. The molecule has 0 aliphatic carbocycles. The fourth-order valence-corrected chi connectivity index (χ4v) is 2.84. The molecule has 4 heteroatoms. The number of halogens is 3. The second-order valence-corrected chi connectivity index (χ2v) is 5.66. The van der Waals surface area contributed by atoms with Gasteiger partial charge in [0, 0.05) is 10.0 Å². The van der Waals surface area contributed by atoms with Gasteiger partial charge in [-0.3, -0.25) is 0 Å². The average Bonchev–Trinajstić information content (AvgIpc) is 2.38. The van der Waals surface area contributed by atoms with Crippen molar-refractivity contribution in [1.82, 2.24) is 5.32 Å². The van der Waals surface area contributed by atoms with E-state index in [1.165, 1.54) is 12.1 Å². The van der Waals surface area contributed by atoms with Crippen LogP contribution >= 0.6 is 23.2 Å². The first-order valence-corrected chi connectivity index (χ1v) is 7.08. The molecule has 0 aromatic heterocycles. The Labute approximate surface area is 128 Å². The van der Waals surface area contributed by atoms with E-state index in [0.29, 0.717) is 10.0 Å². The topological polar surface area (TPSA) is 12.0 Å². The molecule has 0 fully saturated rings. The summed E-state index contributed by atoms with van der Waals surface area (Å²) in [6.07, 6.45) is 0. The van der Waals surface area contributed by atoms with Gasteiger partial charge in [-0.05, 0) is 61.3 Å². The Morgan fingerprint density at radius 3 is 2.15 bits per heavy atom. The van der Waals surface area contributed by atoms with Crippen LogP contribution in [-0.4, -0.2) is 7.05 Å². The van der Waals surface area contributed by atoms with E-state index in [4.69, 9.17) is 23.2 Å². The highest BCUT2D eigenvalue weighted by molar-refractivity contribution is 6.32. The van der Waals surface area contributed by atoms with Crippen molar-refractivity contribution >= 4 is 23.2 Å². The molecule has 0 aliphatic rings. The van der Waals surface area contributed by atoms with Crippen LogP contribution < -0.4 is 5.32 Å². The Balaban J connectivity index is 2.55. The molecule has 20 heavy (non-hydrogen) atoms. The summed E-state index contributed by atoms with van der Waals surface area (Å²) in [5.41, 5.74) is 4.04.